The molecule has 1 unspecified atom stereocenters. The zero-order valence-electron chi connectivity index (χ0n) is 11.0. The van der Waals surface area contributed by atoms with Crippen molar-refractivity contribution in [1.82, 2.24) is 5.32 Å². The zero-order valence-corrected chi connectivity index (χ0v) is 11.8. The lowest BCUT2D eigenvalue weighted by molar-refractivity contribution is 0.318. The number of thioether (sulfide) groups is 1. The molecule has 1 aromatic carbocycles. The average Bonchev–Trinajstić information content (AvgIpc) is 2.35. The van der Waals surface area contributed by atoms with Gasteiger partial charge in [0, 0.05) is 6.04 Å². The van der Waals surface area contributed by atoms with Crippen LogP contribution in [-0.4, -0.2) is 25.2 Å². The van der Waals surface area contributed by atoms with Gasteiger partial charge in [0.25, 0.3) is 0 Å². The van der Waals surface area contributed by atoms with E-state index in [0.717, 1.165) is 31.1 Å². The lowest BCUT2D eigenvalue weighted by Crippen LogP contribution is -2.17. The largest absolute Gasteiger partial charge is 0.494 e. The molecule has 0 radical (unpaired) electrons. The maximum atomic E-state index is 5.74. The summed E-state index contributed by atoms with van der Waals surface area (Å²) in [6.07, 6.45) is 3.23. The second-order valence-electron chi connectivity index (χ2n) is 4.05. The van der Waals surface area contributed by atoms with E-state index in [1.165, 1.54) is 5.56 Å². The van der Waals surface area contributed by atoms with E-state index in [2.05, 4.69) is 43.6 Å². The fourth-order valence-electron chi connectivity index (χ4n) is 1.69. The molecule has 1 aromatic rings. The molecule has 0 heterocycles. The Kier molecular flexibility index (Phi) is 7.13. The van der Waals surface area contributed by atoms with Crippen LogP contribution in [0.1, 0.15) is 31.9 Å². The minimum Gasteiger partial charge on any atom is -0.494 e. The molecule has 0 aliphatic carbocycles. The van der Waals surface area contributed by atoms with Gasteiger partial charge in [0.2, 0.25) is 0 Å². The van der Waals surface area contributed by atoms with Crippen LogP contribution in [-0.2, 0) is 0 Å². The third kappa shape index (κ3) is 5.46. The van der Waals surface area contributed by atoms with E-state index < -0.39 is 0 Å². The van der Waals surface area contributed by atoms with Gasteiger partial charge in [-0.2, -0.15) is 11.8 Å². The maximum absolute atomic E-state index is 5.74. The number of hydrogen-bond acceptors (Lipinski definition) is 3. The molecule has 1 N–H and O–H groups in total. The van der Waals surface area contributed by atoms with E-state index in [1.54, 1.807) is 0 Å². The molecule has 1 rings (SSSR count). The molecule has 1 atom stereocenters. The van der Waals surface area contributed by atoms with Crippen LogP contribution in [0, 0.1) is 0 Å². The van der Waals surface area contributed by atoms with Crippen LogP contribution in [0.3, 0.4) is 0 Å². The fraction of sp³-hybridized carbons (Fsp3) is 0.571. The number of benzene rings is 1. The van der Waals surface area contributed by atoms with E-state index >= 15 is 0 Å². The molecule has 0 amide bonds. The molecule has 2 nitrogen and oxygen atoms in total. The van der Waals surface area contributed by atoms with Crippen LogP contribution in [0.4, 0.5) is 0 Å². The molecular formula is C14H23NOS. The molecule has 0 saturated carbocycles. The molecule has 0 aliphatic heterocycles. The van der Waals surface area contributed by atoms with Crippen LogP contribution >= 0.6 is 11.8 Å². The molecule has 3 heteroatoms. The van der Waals surface area contributed by atoms with Gasteiger partial charge in [0.05, 0.1) is 6.61 Å². The highest BCUT2D eigenvalue weighted by molar-refractivity contribution is 7.98. The summed E-state index contributed by atoms with van der Waals surface area (Å²) in [5.74, 6) is 2.14. The minimum atomic E-state index is 0.384. The van der Waals surface area contributed by atoms with Crippen molar-refractivity contribution >= 4 is 11.8 Å². The monoisotopic (exact) mass is 253 g/mol. The molecule has 0 fully saturated rings. The Morgan fingerprint density at radius 3 is 2.94 bits per heavy atom. The number of nitrogens with one attached hydrogen (secondary N) is 1. The van der Waals surface area contributed by atoms with E-state index in [4.69, 9.17) is 4.74 Å². The highest BCUT2D eigenvalue weighted by Crippen LogP contribution is 2.19. The smallest absolute Gasteiger partial charge is 0.119 e. The first-order valence-corrected chi connectivity index (χ1v) is 7.62. The van der Waals surface area contributed by atoms with Crippen molar-refractivity contribution in [3.63, 3.8) is 0 Å². The van der Waals surface area contributed by atoms with Gasteiger partial charge in [-0.15, -0.1) is 0 Å². The van der Waals surface area contributed by atoms with Crippen molar-refractivity contribution in [3.8, 4) is 5.75 Å². The van der Waals surface area contributed by atoms with Crippen LogP contribution in [0.25, 0.3) is 0 Å². The van der Waals surface area contributed by atoms with Crippen LogP contribution in [0.2, 0.25) is 0 Å². The molecule has 0 aliphatic rings. The van der Waals surface area contributed by atoms with Crippen LogP contribution in [0.5, 0.6) is 5.75 Å². The van der Waals surface area contributed by atoms with E-state index in [9.17, 15) is 0 Å². The van der Waals surface area contributed by atoms with Crippen molar-refractivity contribution in [2.45, 2.75) is 26.3 Å². The zero-order chi connectivity index (χ0) is 12.5. The van der Waals surface area contributed by atoms with Gasteiger partial charge in [0.1, 0.15) is 5.75 Å². The van der Waals surface area contributed by atoms with E-state index in [1.807, 2.05) is 17.8 Å². The lowest BCUT2D eigenvalue weighted by Gasteiger charge is -2.14. The molecule has 96 valence electrons. The van der Waals surface area contributed by atoms with Crippen molar-refractivity contribution < 1.29 is 4.74 Å². The van der Waals surface area contributed by atoms with Gasteiger partial charge in [-0.3, -0.25) is 0 Å². The summed E-state index contributed by atoms with van der Waals surface area (Å²) in [5.41, 5.74) is 1.29. The van der Waals surface area contributed by atoms with Gasteiger partial charge in [-0.05, 0) is 49.6 Å². The lowest BCUT2D eigenvalue weighted by atomic mass is 10.1. The topological polar surface area (TPSA) is 21.3 Å². The van der Waals surface area contributed by atoms with Crippen molar-refractivity contribution in [2.75, 3.05) is 25.2 Å². The SMILES string of the molecule is CCNC(C)c1cccc(OCCCSC)c1. The van der Waals surface area contributed by atoms with Crippen molar-refractivity contribution in [3.05, 3.63) is 29.8 Å². The van der Waals surface area contributed by atoms with Gasteiger partial charge in [-0.25, -0.2) is 0 Å². The molecule has 0 bridgehead atoms. The second-order valence-corrected chi connectivity index (χ2v) is 5.03. The molecule has 0 spiro atoms. The summed E-state index contributed by atoms with van der Waals surface area (Å²) in [4.78, 5) is 0. The van der Waals surface area contributed by atoms with E-state index in [0.29, 0.717) is 6.04 Å². The van der Waals surface area contributed by atoms with Gasteiger partial charge in [0.15, 0.2) is 0 Å². The fourth-order valence-corrected chi connectivity index (χ4v) is 2.10. The maximum Gasteiger partial charge on any atom is 0.119 e. The summed E-state index contributed by atoms with van der Waals surface area (Å²) in [6, 6.07) is 8.75. The Balaban J connectivity index is 2.47. The standard InChI is InChI=1S/C14H23NOS/c1-4-15-12(2)13-7-5-8-14(11-13)16-9-6-10-17-3/h5,7-8,11-12,15H,4,6,9-10H2,1-3H3. The summed E-state index contributed by atoms with van der Waals surface area (Å²) >= 11 is 1.86. The van der Waals surface area contributed by atoms with Gasteiger partial charge in [-0.1, -0.05) is 19.1 Å². The molecule has 0 saturated heterocycles. The first-order chi connectivity index (χ1) is 8.27. The normalized spacial score (nSPS) is 12.4. The van der Waals surface area contributed by atoms with E-state index in [-0.39, 0.29) is 0 Å². The summed E-state index contributed by atoms with van der Waals surface area (Å²) in [7, 11) is 0. The van der Waals surface area contributed by atoms with Crippen LogP contribution < -0.4 is 10.1 Å². The van der Waals surface area contributed by atoms with Crippen molar-refractivity contribution in [1.29, 1.82) is 0 Å². The predicted molar refractivity (Wildman–Crippen MR) is 77.0 cm³/mol. The first-order valence-electron chi connectivity index (χ1n) is 6.23. The Morgan fingerprint density at radius 2 is 2.24 bits per heavy atom. The number of hydrogen-bond donors (Lipinski definition) is 1. The van der Waals surface area contributed by atoms with Crippen LogP contribution in [0.15, 0.2) is 24.3 Å². The minimum absolute atomic E-state index is 0.384. The third-order valence-corrected chi connectivity index (χ3v) is 3.33. The second kappa shape index (κ2) is 8.43. The molecule has 17 heavy (non-hydrogen) atoms. The van der Waals surface area contributed by atoms with Gasteiger partial charge >= 0.3 is 0 Å². The third-order valence-electron chi connectivity index (χ3n) is 2.63. The summed E-state index contributed by atoms with van der Waals surface area (Å²) in [5, 5.41) is 3.41. The van der Waals surface area contributed by atoms with Gasteiger partial charge < -0.3 is 10.1 Å². The first kappa shape index (κ1) is 14.4. The highest BCUT2D eigenvalue weighted by Gasteiger charge is 2.04. The Morgan fingerprint density at radius 1 is 1.41 bits per heavy atom. The Hall–Kier alpha value is -0.670. The van der Waals surface area contributed by atoms with Crippen molar-refractivity contribution in [2.24, 2.45) is 0 Å². The quantitative estimate of drug-likeness (QED) is 0.717. The highest BCUT2D eigenvalue weighted by atomic mass is 32.2. The summed E-state index contributed by atoms with van der Waals surface area (Å²) < 4.78 is 5.74. The predicted octanol–water partition coefficient (Wildman–Crippen LogP) is 3.49. The molecule has 0 aromatic heterocycles. The Labute approximate surface area is 109 Å². The average molecular weight is 253 g/mol. The Bertz CT molecular complexity index is 317. The number of ether oxygens (including phenoxy) is 1. The molecular weight excluding hydrogens is 230 g/mol. The summed E-state index contributed by atoms with van der Waals surface area (Å²) in [6.45, 7) is 6.09. The number of rotatable bonds is 8.